The maximum Gasteiger partial charge on any atom is 0.409 e. The molecule has 0 saturated carbocycles. The van der Waals surface area contributed by atoms with Crippen LogP contribution in [-0.2, 0) is 11.2 Å². The van der Waals surface area contributed by atoms with Crippen molar-refractivity contribution in [3.63, 3.8) is 0 Å². The molecular weight excluding hydrogens is 246 g/mol. The number of hydrogen-bond acceptors (Lipinski definition) is 4. The predicted molar refractivity (Wildman–Crippen MR) is 73.0 cm³/mol. The number of hydrogen-bond donors (Lipinski definition) is 0. The van der Waals surface area contributed by atoms with E-state index in [2.05, 4.69) is 4.74 Å². The second-order valence-electron chi connectivity index (χ2n) is 4.28. The zero-order valence-electron chi connectivity index (χ0n) is 12.1. The molecule has 1 rings (SSSR count). The van der Waals surface area contributed by atoms with E-state index in [9.17, 15) is 4.79 Å². The fourth-order valence-electron chi connectivity index (χ4n) is 1.84. The number of benzene rings is 1. The quantitative estimate of drug-likeness (QED) is 0.821. The summed E-state index contributed by atoms with van der Waals surface area (Å²) < 4.78 is 15.3. The van der Waals surface area contributed by atoms with Gasteiger partial charge in [-0.3, -0.25) is 0 Å². The van der Waals surface area contributed by atoms with Crippen LogP contribution in [0, 0.1) is 6.92 Å². The lowest BCUT2D eigenvalue weighted by atomic mass is 10.1. The van der Waals surface area contributed by atoms with Crippen LogP contribution in [-0.4, -0.2) is 45.9 Å². The Kier molecular flexibility index (Phi) is 5.48. The molecule has 1 amide bonds. The van der Waals surface area contributed by atoms with Gasteiger partial charge in [-0.25, -0.2) is 4.79 Å². The van der Waals surface area contributed by atoms with E-state index in [1.807, 2.05) is 19.1 Å². The monoisotopic (exact) mass is 267 g/mol. The van der Waals surface area contributed by atoms with Crippen molar-refractivity contribution < 1.29 is 19.0 Å². The van der Waals surface area contributed by atoms with Crippen molar-refractivity contribution in [3.05, 3.63) is 23.3 Å². The van der Waals surface area contributed by atoms with Crippen LogP contribution in [0.15, 0.2) is 12.1 Å². The second kappa shape index (κ2) is 6.87. The largest absolute Gasteiger partial charge is 0.496 e. The van der Waals surface area contributed by atoms with Gasteiger partial charge in [-0.1, -0.05) is 0 Å². The highest BCUT2D eigenvalue weighted by Gasteiger charge is 2.12. The Morgan fingerprint density at radius 3 is 2.32 bits per heavy atom. The third-order valence-electron chi connectivity index (χ3n) is 3.00. The molecule has 0 aromatic heterocycles. The SMILES string of the molecule is COC(=O)N(C)CCc1cc(OC)c(C)cc1OC. The average Bonchev–Trinajstić information content (AvgIpc) is 2.44. The van der Waals surface area contributed by atoms with Gasteiger partial charge in [-0.2, -0.15) is 0 Å². The first-order chi connectivity index (χ1) is 9.03. The molecule has 0 unspecified atom stereocenters. The highest BCUT2D eigenvalue weighted by atomic mass is 16.5. The first-order valence-corrected chi connectivity index (χ1v) is 6.04. The first kappa shape index (κ1) is 15.1. The molecule has 0 aliphatic carbocycles. The Morgan fingerprint density at radius 2 is 1.79 bits per heavy atom. The lowest BCUT2D eigenvalue weighted by Crippen LogP contribution is -2.28. The fraction of sp³-hybridized carbons (Fsp3) is 0.500. The molecule has 5 heteroatoms. The van der Waals surface area contributed by atoms with Crippen LogP contribution >= 0.6 is 0 Å². The number of likely N-dealkylation sites (N-methyl/N-ethyl adjacent to an activating group) is 1. The molecule has 0 fully saturated rings. The van der Waals surface area contributed by atoms with Crippen molar-refractivity contribution in [2.24, 2.45) is 0 Å². The maximum absolute atomic E-state index is 11.3. The summed E-state index contributed by atoms with van der Waals surface area (Å²) in [4.78, 5) is 12.8. The van der Waals surface area contributed by atoms with Crippen molar-refractivity contribution in [1.82, 2.24) is 4.90 Å². The summed E-state index contributed by atoms with van der Waals surface area (Å²) in [5, 5.41) is 0. The Labute approximate surface area is 114 Å². The van der Waals surface area contributed by atoms with Crippen LogP contribution in [0.4, 0.5) is 4.79 Å². The van der Waals surface area contributed by atoms with Gasteiger partial charge in [0.25, 0.3) is 0 Å². The van der Waals surface area contributed by atoms with E-state index in [1.54, 1.807) is 21.3 Å². The number of rotatable bonds is 5. The summed E-state index contributed by atoms with van der Waals surface area (Å²) in [6.07, 6.45) is 0.323. The number of amides is 1. The zero-order chi connectivity index (χ0) is 14.4. The summed E-state index contributed by atoms with van der Waals surface area (Å²) >= 11 is 0. The summed E-state index contributed by atoms with van der Waals surface area (Å²) in [6, 6.07) is 3.88. The van der Waals surface area contributed by atoms with Crippen LogP contribution in [0.1, 0.15) is 11.1 Å². The number of aryl methyl sites for hydroxylation is 1. The topological polar surface area (TPSA) is 48.0 Å². The third kappa shape index (κ3) is 3.77. The Morgan fingerprint density at radius 1 is 1.16 bits per heavy atom. The lowest BCUT2D eigenvalue weighted by molar-refractivity contribution is 0.134. The number of ether oxygens (including phenoxy) is 3. The molecule has 1 aromatic carbocycles. The Hall–Kier alpha value is -1.91. The number of carbonyl (C=O) groups is 1. The molecule has 1 aromatic rings. The molecule has 0 spiro atoms. The van der Waals surface area contributed by atoms with Crippen LogP contribution in [0.5, 0.6) is 11.5 Å². The summed E-state index contributed by atoms with van der Waals surface area (Å²) in [5.74, 6) is 1.62. The number of methoxy groups -OCH3 is 3. The standard InChI is InChI=1S/C14H21NO4/c1-10-8-13(18-4)11(9-12(10)17-3)6-7-15(2)14(16)19-5/h8-9H,6-7H2,1-5H3. The molecule has 0 atom stereocenters. The molecule has 0 bridgehead atoms. The first-order valence-electron chi connectivity index (χ1n) is 6.04. The van der Waals surface area contributed by atoms with Gasteiger partial charge < -0.3 is 19.1 Å². The molecule has 0 aliphatic heterocycles. The molecule has 19 heavy (non-hydrogen) atoms. The summed E-state index contributed by atoms with van der Waals surface area (Å²) in [5.41, 5.74) is 2.02. The van der Waals surface area contributed by atoms with E-state index in [-0.39, 0.29) is 6.09 Å². The van der Waals surface area contributed by atoms with Gasteiger partial charge in [0.05, 0.1) is 21.3 Å². The van der Waals surface area contributed by atoms with Crippen molar-refractivity contribution >= 4 is 6.09 Å². The summed E-state index contributed by atoms with van der Waals surface area (Å²) in [7, 11) is 6.34. The van der Waals surface area contributed by atoms with Crippen molar-refractivity contribution in [2.75, 3.05) is 34.9 Å². The highest BCUT2D eigenvalue weighted by Crippen LogP contribution is 2.28. The van der Waals surface area contributed by atoms with E-state index in [0.717, 1.165) is 22.6 Å². The Balaban J connectivity index is 2.84. The molecule has 5 nitrogen and oxygen atoms in total. The van der Waals surface area contributed by atoms with Gasteiger partial charge in [-0.15, -0.1) is 0 Å². The van der Waals surface area contributed by atoms with Crippen molar-refractivity contribution in [3.8, 4) is 11.5 Å². The minimum absolute atomic E-state index is 0.349. The van der Waals surface area contributed by atoms with E-state index >= 15 is 0 Å². The van der Waals surface area contributed by atoms with Crippen LogP contribution < -0.4 is 9.47 Å². The molecule has 0 aliphatic rings. The smallest absolute Gasteiger partial charge is 0.409 e. The number of carbonyl (C=O) groups excluding carboxylic acids is 1. The second-order valence-corrected chi connectivity index (χ2v) is 4.28. The highest BCUT2D eigenvalue weighted by molar-refractivity contribution is 5.67. The van der Waals surface area contributed by atoms with Gasteiger partial charge >= 0.3 is 6.09 Å². The van der Waals surface area contributed by atoms with E-state index < -0.39 is 0 Å². The molecule has 0 heterocycles. The molecule has 0 N–H and O–H groups in total. The minimum Gasteiger partial charge on any atom is -0.496 e. The van der Waals surface area contributed by atoms with Gasteiger partial charge in [0.2, 0.25) is 0 Å². The summed E-state index contributed by atoms with van der Waals surface area (Å²) in [6.45, 7) is 2.51. The molecular formula is C14H21NO4. The zero-order valence-corrected chi connectivity index (χ0v) is 12.1. The van der Waals surface area contributed by atoms with E-state index in [1.165, 1.54) is 12.0 Å². The van der Waals surface area contributed by atoms with Gasteiger partial charge in [-0.05, 0) is 36.6 Å². The molecule has 0 radical (unpaired) electrons. The van der Waals surface area contributed by atoms with Crippen LogP contribution in [0.25, 0.3) is 0 Å². The van der Waals surface area contributed by atoms with Crippen LogP contribution in [0.2, 0.25) is 0 Å². The van der Waals surface area contributed by atoms with Gasteiger partial charge in [0.15, 0.2) is 0 Å². The maximum atomic E-state index is 11.3. The Bertz CT molecular complexity index is 445. The fourth-order valence-corrected chi connectivity index (χ4v) is 1.84. The average molecular weight is 267 g/mol. The molecule has 106 valence electrons. The minimum atomic E-state index is -0.349. The number of nitrogens with zero attached hydrogens (tertiary/aromatic N) is 1. The van der Waals surface area contributed by atoms with Crippen molar-refractivity contribution in [1.29, 1.82) is 0 Å². The van der Waals surface area contributed by atoms with Gasteiger partial charge in [0.1, 0.15) is 11.5 Å². The lowest BCUT2D eigenvalue weighted by Gasteiger charge is -2.17. The van der Waals surface area contributed by atoms with E-state index in [4.69, 9.17) is 9.47 Å². The third-order valence-corrected chi connectivity index (χ3v) is 3.00. The van der Waals surface area contributed by atoms with Gasteiger partial charge in [0, 0.05) is 13.6 Å². The van der Waals surface area contributed by atoms with E-state index in [0.29, 0.717) is 13.0 Å². The van der Waals surface area contributed by atoms with Crippen LogP contribution in [0.3, 0.4) is 0 Å². The molecule has 0 saturated heterocycles. The van der Waals surface area contributed by atoms with Crippen molar-refractivity contribution in [2.45, 2.75) is 13.3 Å². The predicted octanol–water partition coefficient (Wildman–Crippen LogP) is 2.25. The normalized spacial score (nSPS) is 9.95.